The van der Waals surface area contributed by atoms with Crippen LogP contribution in [0.15, 0.2) is 39.2 Å². The van der Waals surface area contributed by atoms with Gasteiger partial charge in [-0.05, 0) is 28.1 Å². The highest BCUT2D eigenvalue weighted by Crippen LogP contribution is 2.35. The van der Waals surface area contributed by atoms with Crippen LogP contribution in [0.5, 0.6) is 5.95 Å². The first-order valence-electron chi connectivity index (χ1n) is 4.52. The van der Waals surface area contributed by atoms with Crippen molar-refractivity contribution in [1.82, 2.24) is 0 Å². The third kappa shape index (κ3) is 2.81. The van der Waals surface area contributed by atoms with Crippen molar-refractivity contribution in [3.05, 3.63) is 39.8 Å². The van der Waals surface area contributed by atoms with Gasteiger partial charge >= 0.3 is 6.16 Å². The van der Waals surface area contributed by atoms with Crippen molar-refractivity contribution in [3.63, 3.8) is 0 Å². The van der Waals surface area contributed by atoms with E-state index < -0.39 is 6.16 Å². The summed E-state index contributed by atoms with van der Waals surface area (Å²) in [7, 11) is 0. The number of ether oxygens (including phenoxy) is 1. The number of carbonyl (C=O) groups is 1. The summed E-state index contributed by atoms with van der Waals surface area (Å²) >= 11 is 9.11. The predicted octanol–water partition coefficient (Wildman–Crippen LogP) is 4.42. The average Bonchev–Trinajstić information content (AvgIpc) is 2.58. The predicted molar refractivity (Wildman–Crippen MR) is 65.5 cm³/mol. The molecule has 0 aliphatic carbocycles. The molecule has 2 rings (SSSR count). The molecular formula is C11H6BrClO4. The Bertz CT molecular complexity index is 564. The molecule has 1 heterocycles. The number of furan rings is 1. The molecule has 88 valence electrons. The van der Waals surface area contributed by atoms with Crippen molar-refractivity contribution in [2.24, 2.45) is 0 Å². The molecule has 1 aromatic carbocycles. The summed E-state index contributed by atoms with van der Waals surface area (Å²) in [5.41, 5.74) is 0.726. The Labute approximate surface area is 110 Å². The van der Waals surface area contributed by atoms with Crippen molar-refractivity contribution in [3.8, 4) is 17.3 Å². The van der Waals surface area contributed by atoms with Crippen molar-refractivity contribution in [2.75, 3.05) is 0 Å². The first-order chi connectivity index (χ1) is 8.06. The molecule has 0 unspecified atom stereocenters. The Hall–Kier alpha value is -1.46. The van der Waals surface area contributed by atoms with Gasteiger partial charge in [0.15, 0.2) is 5.76 Å². The fourth-order valence-corrected chi connectivity index (χ4v) is 2.00. The molecule has 17 heavy (non-hydrogen) atoms. The maximum Gasteiger partial charge on any atom is 0.513 e. The molecule has 0 amide bonds. The Morgan fingerprint density at radius 1 is 1.41 bits per heavy atom. The molecular weight excluding hydrogens is 311 g/mol. The molecule has 0 radical (unpaired) electrons. The molecule has 1 N–H and O–H groups in total. The quantitative estimate of drug-likeness (QED) is 0.833. The number of carboxylic acid groups (broad SMARTS) is 1. The van der Waals surface area contributed by atoms with E-state index in [9.17, 15) is 4.79 Å². The zero-order valence-corrected chi connectivity index (χ0v) is 10.7. The normalized spacial score (nSPS) is 10.2. The fraction of sp³-hybridized carbons (Fsp3) is 0. The van der Waals surface area contributed by atoms with Crippen LogP contribution < -0.4 is 4.74 Å². The SMILES string of the molecule is O=C(O)Oc1cc(Br)c(-c2cccc(Cl)c2)o1. The summed E-state index contributed by atoms with van der Waals surface area (Å²) in [6.07, 6.45) is -1.43. The lowest BCUT2D eigenvalue weighted by molar-refractivity contribution is 0.133. The lowest BCUT2D eigenvalue weighted by Gasteiger charge is -1.98. The maximum absolute atomic E-state index is 10.4. The molecule has 6 heteroatoms. The third-order valence-electron chi connectivity index (χ3n) is 1.94. The minimum Gasteiger partial charge on any atom is -0.449 e. The smallest absolute Gasteiger partial charge is 0.449 e. The molecule has 4 nitrogen and oxygen atoms in total. The summed E-state index contributed by atoms with van der Waals surface area (Å²) in [5.74, 6) is 0.364. The Kier molecular flexibility index (Phi) is 3.40. The highest BCUT2D eigenvalue weighted by Gasteiger charge is 2.14. The molecule has 0 saturated carbocycles. The Morgan fingerprint density at radius 2 is 2.18 bits per heavy atom. The molecule has 0 spiro atoms. The molecule has 0 fully saturated rings. The van der Waals surface area contributed by atoms with Gasteiger partial charge in [0, 0.05) is 16.7 Å². The number of hydrogen-bond donors (Lipinski definition) is 1. The molecule has 2 aromatic rings. The van der Waals surface area contributed by atoms with Gasteiger partial charge in [0.2, 0.25) is 0 Å². The van der Waals surface area contributed by atoms with E-state index in [2.05, 4.69) is 20.7 Å². The van der Waals surface area contributed by atoms with E-state index in [1.54, 1.807) is 24.3 Å². The minimum absolute atomic E-state index is 0.0978. The van der Waals surface area contributed by atoms with Crippen LogP contribution in [0.4, 0.5) is 4.79 Å². The summed E-state index contributed by atoms with van der Waals surface area (Å²) < 4.78 is 10.3. The van der Waals surface area contributed by atoms with Gasteiger partial charge in [0.25, 0.3) is 5.95 Å². The number of halogens is 2. The molecule has 0 aliphatic heterocycles. The zero-order chi connectivity index (χ0) is 12.4. The van der Waals surface area contributed by atoms with E-state index >= 15 is 0 Å². The van der Waals surface area contributed by atoms with Crippen molar-refractivity contribution < 1.29 is 19.1 Å². The van der Waals surface area contributed by atoms with Gasteiger partial charge in [-0.1, -0.05) is 23.7 Å². The minimum atomic E-state index is -1.43. The van der Waals surface area contributed by atoms with Crippen LogP contribution in [0.1, 0.15) is 0 Å². The molecule has 0 bridgehead atoms. The first-order valence-corrected chi connectivity index (χ1v) is 5.69. The van der Waals surface area contributed by atoms with Gasteiger partial charge in [-0.2, -0.15) is 0 Å². The van der Waals surface area contributed by atoms with Crippen LogP contribution in [0.25, 0.3) is 11.3 Å². The first kappa shape index (κ1) is 12.0. The van der Waals surface area contributed by atoms with Crippen LogP contribution in [-0.4, -0.2) is 11.3 Å². The lowest BCUT2D eigenvalue weighted by Crippen LogP contribution is -2.01. The molecule has 0 saturated heterocycles. The van der Waals surface area contributed by atoms with Gasteiger partial charge in [0.1, 0.15) is 0 Å². The van der Waals surface area contributed by atoms with E-state index in [1.165, 1.54) is 6.07 Å². The summed E-state index contributed by atoms with van der Waals surface area (Å²) in [6.45, 7) is 0. The largest absolute Gasteiger partial charge is 0.513 e. The van der Waals surface area contributed by atoms with Crippen LogP contribution in [0.3, 0.4) is 0 Å². The van der Waals surface area contributed by atoms with Gasteiger partial charge in [-0.3, -0.25) is 0 Å². The second-order valence-corrected chi connectivity index (χ2v) is 4.41. The molecule has 0 atom stereocenters. The second kappa shape index (κ2) is 4.81. The van der Waals surface area contributed by atoms with E-state index in [0.29, 0.717) is 15.3 Å². The summed E-state index contributed by atoms with van der Waals surface area (Å²) in [5, 5.41) is 9.02. The summed E-state index contributed by atoms with van der Waals surface area (Å²) in [6, 6.07) is 8.43. The van der Waals surface area contributed by atoms with Crippen LogP contribution in [-0.2, 0) is 0 Å². The number of hydrogen-bond acceptors (Lipinski definition) is 3. The summed E-state index contributed by atoms with van der Waals surface area (Å²) in [4.78, 5) is 10.4. The Balaban J connectivity index is 2.39. The lowest BCUT2D eigenvalue weighted by atomic mass is 10.2. The van der Waals surface area contributed by atoms with Gasteiger partial charge in [-0.15, -0.1) is 0 Å². The van der Waals surface area contributed by atoms with Crippen LogP contribution in [0, 0.1) is 0 Å². The average molecular weight is 318 g/mol. The van der Waals surface area contributed by atoms with Crippen molar-refractivity contribution in [1.29, 1.82) is 0 Å². The molecule has 1 aromatic heterocycles. The number of rotatable bonds is 2. The van der Waals surface area contributed by atoms with Gasteiger partial charge < -0.3 is 14.3 Å². The van der Waals surface area contributed by atoms with Crippen molar-refractivity contribution >= 4 is 33.7 Å². The maximum atomic E-state index is 10.4. The standard InChI is InChI=1S/C11H6BrClO4/c12-8-5-9(17-11(14)15)16-10(8)6-2-1-3-7(13)4-6/h1-5H,(H,14,15). The third-order valence-corrected chi connectivity index (χ3v) is 2.76. The topological polar surface area (TPSA) is 59.7 Å². The highest BCUT2D eigenvalue weighted by molar-refractivity contribution is 9.10. The number of benzene rings is 1. The van der Waals surface area contributed by atoms with E-state index in [-0.39, 0.29) is 5.95 Å². The Morgan fingerprint density at radius 3 is 2.82 bits per heavy atom. The molecule has 0 aliphatic rings. The van der Waals surface area contributed by atoms with E-state index in [4.69, 9.17) is 21.1 Å². The zero-order valence-electron chi connectivity index (χ0n) is 8.31. The highest BCUT2D eigenvalue weighted by atomic mass is 79.9. The van der Waals surface area contributed by atoms with Gasteiger partial charge in [0.05, 0.1) is 4.47 Å². The van der Waals surface area contributed by atoms with Crippen LogP contribution >= 0.6 is 27.5 Å². The van der Waals surface area contributed by atoms with E-state index in [1.807, 2.05) is 0 Å². The fourth-order valence-electron chi connectivity index (χ4n) is 1.31. The van der Waals surface area contributed by atoms with Gasteiger partial charge in [-0.25, -0.2) is 4.79 Å². The van der Waals surface area contributed by atoms with Crippen molar-refractivity contribution in [2.45, 2.75) is 0 Å². The monoisotopic (exact) mass is 316 g/mol. The van der Waals surface area contributed by atoms with E-state index in [0.717, 1.165) is 5.56 Å². The van der Waals surface area contributed by atoms with Crippen LogP contribution in [0.2, 0.25) is 5.02 Å². The second-order valence-electron chi connectivity index (χ2n) is 3.12.